The topological polar surface area (TPSA) is 15.6 Å². The molecule has 0 heterocycles. The summed E-state index contributed by atoms with van der Waals surface area (Å²) in [5.41, 5.74) is 0. The summed E-state index contributed by atoms with van der Waals surface area (Å²) >= 11 is 0. The van der Waals surface area contributed by atoms with Crippen LogP contribution in [0.4, 0.5) is 0 Å². The van der Waals surface area contributed by atoms with E-state index in [1.807, 2.05) is 6.92 Å². The van der Waals surface area contributed by atoms with Crippen LogP contribution in [-0.4, -0.2) is 23.7 Å². The van der Waals surface area contributed by atoms with Crippen molar-refractivity contribution >= 4 is 6.21 Å². The van der Waals surface area contributed by atoms with Crippen LogP contribution in [-0.2, 0) is 0 Å². The van der Waals surface area contributed by atoms with E-state index in [9.17, 15) is 0 Å². The molecule has 0 radical (unpaired) electrons. The normalized spacial score (nSPS) is 13.3. The predicted octanol–water partition coefficient (Wildman–Crippen LogP) is 2.67. The van der Waals surface area contributed by atoms with Crippen molar-refractivity contribution in [2.75, 3.05) is 6.54 Å². The monoisotopic (exact) mass is 168 g/mol. The molecule has 0 aromatic heterocycles. The van der Waals surface area contributed by atoms with E-state index in [1.54, 1.807) is 6.21 Å². The Morgan fingerprint density at radius 3 is 2.50 bits per heavy atom. The quantitative estimate of drug-likeness (QED) is 0.576. The molecule has 0 aromatic rings. The summed E-state index contributed by atoms with van der Waals surface area (Å²) in [6.45, 7) is 13.3. The lowest BCUT2D eigenvalue weighted by molar-refractivity contribution is 0.273. The molecule has 0 amide bonds. The Bertz CT molecular complexity index is 161. The lowest BCUT2D eigenvalue weighted by atomic mass is 10.2. The predicted molar refractivity (Wildman–Crippen MR) is 55.4 cm³/mol. The Morgan fingerprint density at radius 2 is 2.17 bits per heavy atom. The first-order valence-corrected chi connectivity index (χ1v) is 4.61. The summed E-state index contributed by atoms with van der Waals surface area (Å²) in [4.78, 5) is 6.38. The minimum atomic E-state index is 0.534. The standard InChI is InChI=1S/C10H20N2/c1-6-9(4)12(8-3)10(5)11-7-2/h7,9H,5-6,8H2,1-4H3. The van der Waals surface area contributed by atoms with E-state index in [-0.39, 0.29) is 0 Å². The zero-order chi connectivity index (χ0) is 9.56. The molecule has 0 saturated carbocycles. The fourth-order valence-electron chi connectivity index (χ4n) is 1.19. The Hall–Kier alpha value is -0.790. The van der Waals surface area contributed by atoms with Gasteiger partial charge in [0.15, 0.2) is 0 Å². The van der Waals surface area contributed by atoms with Gasteiger partial charge in [-0.05, 0) is 27.2 Å². The van der Waals surface area contributed by atoms with E-state index in [0.29, 0.717) is 6.04 Å². The molecule has 1 atom stereocenters. The van der Waals surface area contributed by atoms with Gasteiger partial charge >= 0.3 is 0 Å². The molecule has 12 heavy (non-hydrogen) atoms. The molecule has 0 N–H and O–H groups in total. The molecule has 0 aliphatic heterocycles. The molecule has 0 aliphatic rings. The number of hydrogen-bond acceptors (Lipinski definition) is 2. The molecular formula is C10H20N2. The van der Waals surface area contributed by atoms with E-state index in [4.69, 9.17) is 0 Å². The number of rotatable bonds is 5. The Labute approximate surface area is 76.0 Å². The minimum absolute atomic E-state index is 0.534. The molecule has 2 heteroatoms. The van der Waals surface area contributed by atoms with Gasteiger partial charge in [0.25, 0.3) is 0 Å². The van der Waals surface area contributed by atoms with E-state index in [1.165, 1.54) is 0 Å². The molecule has 70 valence electrons. The van der Waals surface area contributed by atoms with Gasteiger partial charge in [0, 0.05) is 18.8 Å². The summed E-state index contributed by atoms with van der Waals surface area (Å²) in [6.07, 6.45) is 2.92. The first-order chi connectivity index (χ1) is 5.67. The van der Waals surface area contributed by atoms with Gasteiger partial charge in [-0.1, -0.05) is 13.5 Å². The zero-order valence-electron chi connectivity index (χ0n) is 8.67. The molecule has 0 aromatic carbocycles. The molecule has 0 rings (SSSR count). The van der Waals surface area contributed by atoms with Gasteiger partial charge in [-0.15, -0.1) is 0 Å². The molecule has 0 saturated heterocycles. The fourth-order valence-corrected chi connectivity index (χ4v) is 1.19. The van der Waals surface area contributed by atoms with Crippen LogP contribution in [0, 0.1) is 0 Å². The highest BCUT2D eigenvalue weighted by Crippen LogP contribution is 2.10. The maximum atomic E-state index is 4.17. The zero-order valence-corrected chi connectivity index (χ0v) is 8.67. The highest BCUT2D eigenvalue weighted by molar-refractivity contribution is 5.54. The Morgan fingerprint density at radius 1 is 1.58 bits per heavy atom. The number of hydrogen-bond donors (Lipinski definition) is 0. The van der Waals surface area contributed by atoms with E-state index in [2.05, 4.69) is 37.2 Å². The second-order valence-electron chi connectivity index (χ2n) is 2.85. The van der Waals surface area contributed by atoms with Gasteiger partial charge < -0.3 is 4.90 Å². The summed E-state index contributed by atoms with van der Waals surface area (Å²) in [5, 5.41) is 0. The highest BCUT2D eigenvalue weighted by Gasteiger charge is 2.09. The highest BCUT2D eigenvalue weighted by atomic mass is 15.2. The molecule has 0 bridgehead atoms. The summed E-state index contributed by atoms with van der Waals surface area (Å²) in [5.74, 6) is 0.870. The Balaban J connectivity index is 4.23. The van der Waals surface area contributed by atoms with E-state index in [0.717, 1.165) is 18.8 Å². The van der Waals surface area contributed by atoms with Crippen molar-refractivity contribution in [3.05, 3.63) is 12.4 Å². The third-order valence-corrected chi connectivity index (χ3v) is 2.07. The van der Waals surface area contributed by atoms with Crippen LogP contribution in [0.3, 0.4) is 0 Å². The lowest BCUT2D eigenvalue weighted by Gasteiger charge is -2.28. The van der Waals surface area contributed by atoms with Crippen LogP contribution in [0.1, 0.15) is 34.1 Å². The van der Waals surface area contributed by atoms with Crippen LogP contribution < -0.4 is 0 Å². The van der Waals surface area contributed by atoms with Gasteiger partial charge in [-0.25, -0.2) is 4.99 Å². The smallest absolute Gasteiger partial charge is 0.121 e. The third kappa shape index (κ3) is 3.07. The van der Waals surface area contributed by atoms with Crippen molar-refractivity contribution < 1.29 is 0 Å². The second kappa shape index (κ2) is 5.81. The van der Waals surface area contributed by atoms with Crippen LogP contribution in [0.25, 0.3) is 0 Å². The first-order valence-electron chi connectivity index (χ1n) is 4.61. The summed E-state index contributed by atoms with van der Waals surface area (Å²) in [6, 6.07) is 0.534. The molecule has 0 spiro atoms. The maximum absolute atomic E-state index is 4.17. The summed E-state index contributed by atoms with van der Waals surface area (Å²) in [7, 11) is 0. The van der Waals surface area contributed by atoms with Crippen molar-refractivity contribution in [2.45, 2.75) is 40.2 Å². The SMILES string of the molecule is C=C(N=CC)N(CC)C(C)CC. The van der Waals surface area contributed by atoms with E-state index >= 15 is 0 Å². The molecule has 0 aliphatic carbocycles. The van der Waals surface area contributed by atoms with Crippen molar-refractivity contribution in [3.8, 4) is 0 Å². The van der Waals surface area contributed by atoms with Crippen molar-refractivity contribution in [1.29, 1.82) is 0 Å². The van der Waals surface area contributed by atoms with Gasteiger partial charge in [-0.2, -0.15) is 0 Å². The van der Waals surface area contributed by atoms with Gasteiger partial charge in [0.05, 0.1) is 0 Å². The molecular weight excluding hydrogens is 148 g/mol. The first kappa shape index (κ1) is 11.2. The van der Waals surface area contributed by atoms with Crippen LogP contribution in [0.5, 0.6) is 0 Å². The van der Waals surface area contributed by atoms with Gasteiger partial charge in [-0.3, -0.25) is 0 Å². The van der Waals surface area contributed by atoms with Crippen LogP contribution in [0.2, 0.25) is 0 Å². The number of nitrogens with zero attached hydrogens (tertiary/aromatic N) is 2. The van der Waals surface area contributed by atoms with Gasteiger partial charge in [0.1, 0.15) is 5.82 Å². The largest absolute Gasteiger partial charge is 0.355 e. The Kier molecular flexibility index (Phi) is 5.43. The molecule has 2 nitrogen and oxygen atoms in total. The molecule has 1 unspecified atom stereocenters. The van der Waals surface area contributed by atoms with Crippen molar-refractivity contribution in [1.82, 2.24) is 4.90 Å². The second-order valence-corrected chi connectivity index (χ2v) is 2.85. The number of aliphatic imine (C=N–C) groups is 1. The molecule has 0 fully saturated rings. The van der Waals surface area contributed by atoms with Crippen molar-refractivity contribution in [3.63, 3.8) is 0 Å². The lowest BCUT2D eigenvalue weighted by Crippen LogP contribution is -2.30. The summed E-state index contributed by atoms with van der Waals surface area (Å²) < 4.78 is 0. The third-order valence-electron chi connectivity index (χ3n) is 2.07. The fraction of sp³-hybridized carbons (Fsp3) is 0.700. The maximum Gasteiger partial charge on any atom is 0.121 e. The van der Waals surface area contributed by atoms with Crippen LogP contribution in [0.15, 0.2) is 17.4 Å². The average molecular weight is 168 g/mol. The minimum Gasteiger partial charge on any atom is -0.355 e. The van der Waals surface area contributed by atoms with Crippen molar-refractivity contribution in [2.24, 2.45) is 4.99 Å². The van der Waals surface area contributed by atoms with Gasteiger partial charge in [0.2, 0.25) is 0 Å². The van der Waals surface area contributed by atoms with Crippen LogP contribution >= 0.6 is 0 Å². The average Bonchev–Trinajstić information content (AvgIpc) is 2.06. The van der Waals surface area contributed by atoms with E-state index < -0.39 is 0 Å².